The molecule has 0 fully saturated rings. The number of ether oxygens (including phenoxy) is 2. The second-order valence-electron chi connectivity index (χ2n) is 5.68. The quantitative estimate of drug-likeness (QED) is 0.787. The molecule has 0 bridgehead atoms. The third-order valence-electron chi connectivity index (χ3n) is 3.74. The highest BCUT2D eigenvalue weighted by Crippen LogP contribution is 2.29. The summed E-state index contributed by atoms with van der Waals surface area (Å²) in [5.41, 5.74) is 2.12. The highest BCUT2D eigenvalue weighted by Gasteiger charge is 2.29. The maximum Gasteiger partial charge on any atom is 0.303 e. The summed E-state index contributed by atoms with van der Waals surface area (Å²) in [6, 6.07) is 13.4. The lowest BCUT2D eigenvalue weighted by Crippen LogP contribution is -2.26. The van der Waals surface area contributed by atoms with Gasteiger partial charge >= 0.3 is 5.97 Å². The highest BCUT2D eigenvalue weighted by molar-refractivity contribution is 7.90. The van der Waals surface area contributed by atoms with Crippen molar-refractivity contribution in [2.75, 3.05) is 6.61 Å². The standard InChI is InChI=1S/C18H17NO5S/c1-12-7-9-14(10-8-12)25(21,22)19-18-16-6-4-3-5-15(16)17(11-23-18)24-13(2)20/h3-10,17H,11H2,1-2H3/b19-18-/t17-/m1/s1. The lowest BCUT2D eigenvalue weighted by Gasteiger charge is -2.26. The van der Waals surface area contributed by atoms with Gasteiger partial charge in [-0.2, -0.15) is 8.42 Å². The van der Waals surface area contributed by atoms with Gasteiger partial charge in [0.25, 0.3) is 10.0 Å². The van der Waals surface area contributed by atoms with E-state index in [-0.39, 0.29) is 17.4 Å². The second-order valence-corrected chi connectivity index (χ2v) is 7.28. The molecule has 0 amide bonds. The monoisotopic (exact) mass is 359 g/mol. The zero-order valence-corrected chi connectivity index (χ0v) is 14.6. The number of esters is 1. The number of aryl methyl sites for hydroxylation is 1. The summed E-state index contributed by atoms with van der Waals surface area (Å²) in [5.74, 6) is -0.435. The van der Waals surface area contributed by atoms with Gasteiger partial charge in [0, 0.05) is 18.1 Å². The lowest BCUT2D eigenvalue weighted by molar-refractivity contribution is -0.148. The molecule has 3 rings (SSSR count). The van der Waals surface area contributed by atoms with Gasteiger partial charge in [-0.15, -0.1) is 4.40 Å². The summed E-state index contributed by atoms with van der Waals surface area (Å²) in [6.45, 7) is 3.20. The van der Waals surface area contributed by atoms with E-state index in [2.05, 4.69) is 4.40 Å². The SMILES string of the molecule is CC(=O)O[C@@H]1CO/C(=N\S(=O)(=O)c2ccc(C)cc2)c2ccccc21. The van der Waals surface area contributed by atoms with Crippen molar-refractivity contribution in [3.63, 3.8) is 0 Å². The third kappa shape index (κ3) is 3.71. The molecule has 1 aliphatic heterocycles. The van der Waals surface area contributed by atoms with Crippen molar-refractivity contribution in [3.05, 3.63) is 65.2 Å². The first-order chi connectivity index (χ1) is 11.9. The molecule has 6 nitrogen and oxygen atoms in total. The molecule has 0 N–H and O–H groups in total. The largest absolute Gasteiger partial charge is 0.472 e. The molecule has 7 heteroatoms. The van der Waals surface area contributed by atoms with Gasteiger partial charge in [0.15, 0.2) is 6.10 Å². The zero-order chi connectivity index (χ0) is 18.0. The first-order valence-electron chi connectivity index (χ1n) is 7.68. The van der Waals surface area contributed by atoms with Crippen molar-refractivity contribution in [1.82, 2.24) is 0 Å². The number of rotatable bonds is 3. The van der Waals surface area contributed by atoms with Crippen LogP contribution in [0.3, 0.4) is 0 Å². The van der Waals surface area contributed by atoms with Gasteiger partial charge < -0.3 is 9.47 Å². The summed E-state index contributed by atoms with van der Waals surface area (Å²) < 4.78 is 39.6. The molecule has 0 unspecified atom stereocenters. The average molecular weight is 359 g/mol. The minimum absolute atomic E-state index is 0.000392. The van der Waals surface area contributed by atoms with Crippen LogP contribution in [0.4, 0.5) is 0 Å². The molecular formula is C18H17NO5S. The van der Waals surface area contributed by atoms with Gasteiger partial charge in [-0.05, 0) is 25.1 Å². The molecular weight excluding hydrogens is 342 g/mol. The molecule has 0 aromatic heterocycles. The van der Waals surface area contributed by atoms with Gasteiger partial charge in [-0.1, -0.05) is 35.9 Å². The van der Waals surface area contributed by atoms with Crippen LogP contribution in [0, 0.1) is 6.92 Å². The minimum Gasteiger partial charge on any atom is -0.472 e. The van der Waals surface area contributed by atoms with E-state index >= 15 is 0 Å². The predicted octanol–water partition coefficient (Wildman–Crippen LogP) is 2.76. The maximum atomic E-state index is 12.5. The van der Waals surface area contributed by atoms with Crippen LogP contribution in [0.15, 0.2) is 57.8 Å². The second kappa shape index (κ2) is 6.68. The Hall–Kier alpha value is -2.67. The van der Waals surface area contributed by atoms with E-state index in [0.717, 1.165) is 5.56 Å². The lowest BCUT2D eigenvalue weighted by atomic mass is 10.0. The molecule has 0 saturated carbocycles. The number of carbonyl (C=O) groups is 1. The molecule has 130 valence electrons. The van der Waals surface area contributed by atoms with Crippen molar-refractivity contribution in [2.24, 2.45) is 4.40 Å². The van der Waals surface area contributed by atoms with Crippen molar-refractivity contribution in [2.45, 2.75) is 24.8 Å². The highest BCUT2D eigenvalue weighted by atomic mass is 32.2. The predicted molar refractivity (Wildman–Crippen MR) is 91.8 cm³/mol. The zero-order valence-electron chi connectivity index (χ0n) is 13.8. The van der Waals surface area contributed by atoms with E-state index in [1.807, 2.05) is 6.92 Å². The fourth-order valence-corrected chi connectivity index (χ4v) is 3.49. The average Bonchev–Trinajstić information content (AvgIpc) is 2.57. The van der Waals surface area contributed by atoms with Gasteiger partial charge in [0.1, 0.15) is 6.61 Å². The third-order valence-corrected chi connectivity index (χ3v) is 5.01. The van der Waals surface area contributed by atoms with Crippen LogP contribution in [0.25, 0.3) is 0 Å². The fourth-order valence-electron chi connectivity index (χ4n) is 2.54. The number of carbonyl (C=O) groups excluding carboxylic acids is 1. The van der Waals surface area contributed by atoms with Gasteiger partial charge in [-0.3, -0.25) is 4.79 Å². The number of hydrogen-bond acceptors (Lipinski definition) is 5. The Morgan fingerprint density at radius 3 is 2.52 bits per heavy atom. The van der Waals surface area contributed by atoms with Crippen LogP contribution in [0.1, 0.15) is 29.7 Å². The Morgan fingerprint density at radius 2 is 1.84 bits per heavy atom. The van der Waals surface area contributed by atoms with Crippen LogP contribution in [-0.2, 0) is 24.3 Å². The topological polar surface area (TPSA) is 82.0 Å². The van der Waals surface area contributed by atoms with E-state index in [1.54, 1.807) is 36.4 Å². The molecule has 1 aliphatic rings. The summed E-state index contributed by atoms with van der Waals surface area (Å²) in [6.07, 6.45) is -0.588. The Kier molecular flexibility index (Phi) is 4.59. The Morgan fingerprint density at radius 1 is 1.16 bits per heavy atom. The Balaban J connectivity index is 2.01. The molecule has 1 heterocycles. The summed E-state index contributed by atoms with van der Waals surface area (Å²) in [4.78, 5) is 11.3. The van der Waals surface area contributed by atoms with Crippen molar-refractivity contribution in [1.29, 1.82) is 0 Å². The summed E-state index contributed by atoms with van der Waals surface area (Å²) in [7, 11) is -3.90. The summed E-state index contributed by atoms with van der Waals surface area (Å²) in [5, 5.41) is 0. The molecule has 1 atom stereocenters. The first kappa shape index (κ1) is 17.2. The number of nitrogens with zero attached hydrogens (tertiary/aromatic N) is 1. The molecule has 0 saturated heterocycles. The number of sulfonamides is 1. The van der Waals surface area contributed by atoms with Crippen LogP contribution in [0.2, 0.25) is 0 Å². The molecule has 2 aromatic carbocycles. The Bertz CT molecular complexity index is 932. The van der Waals surface area contributed by atoms with E-state index in [0.29, 0.717) is 11.1 Å². The number of fused-ring (bicyclic) bond motifs is 1. The molecule has 0 spiro atoms. The maximum absolute atomic E-state index is 12.5. The first-order valence-corrected chi connectivity index (χ1v) is 9.12. The van der Waals surface area contributed by atoms with Crippen LogP contribution >= 0.6 is 0 Å². The summed E-state index contributed by atoms with van der Waals surface area (Å²) >= 11 is 0. The van der Waals surface area contributed by atoms with E-state index < -0.39 is 22.1 Å². The molecule has 0 radical (unpaired) electrons. The van der Waals surface area contributed by atoms with E-state index in [9.17, 15) is 13.2 Å². The molecule has 0 aliphatic carbocycles. The van der Waals surface area contributed by atoms with Gasteiger partial charge in [0.05, 0.1) is 4.90 Å². The van der Waals surface area contributed by atoms with Gasteiger partial charge in [-0.25, -0.2) is 0 Å². The van der Waals surface area contributed by atoms with Crippen molar-refractivity contribution in [3.8, 4) is 0 Å². The fraction of sp³-hybridized carbons (Fsp3) is 0.222. The van der Waals surface area contributed by atoms with E-state index in [4.69, 9.17) is 9.47 Å². The molecule has 2 aromatic rings. The van der Waals surface area contributed by atoms with Crippen LogP contribution in [-0.4, -0.2) is 26.9 Å². The number of benzene rings is 2. The minimum atomic E-state index is -3.90. The van der Waals surface area contributed by atoms with Crippen molar-refractivity contribution < 1.29 is 22.7 Å². The van der Waals surface area contributed by atoms with Crippen LogP contribution in [0.5, 0.6) is 0 Å². The normalized spacial score (nSPS) is 18.3. The Labute approximate surface area is 146 Å². The smallest absolute Gasteiger partial charge is 0.303 e. The van der Waals surface area contributed by atoms with Crippen molar-refractivity contribution >= 4 is 21.9 Å². The van der Waals surface area contributed by atoms with Crippen LogP contribution < -0.4 is 0 Å². The number of hydrogen-bond donors (Lipinski definition) is 0. The molecule has 25 heavy (non-hydrogen) atoms. The van der Waals surface area contributed by atoms with Gasteiger partial charge in [0.2, 0.25) is 5.90 Å². The van der Waals surface area contributed by atoms with E-state index in [1.165, 1.54) is 19.1 Å².